The average molecular weight is 185 g/mol. The number of likely N-dealkylation sites (tertiary alicyclic amines) is 1. The van der Waals surface area contributed by atoms with Gasteiger partial charge in [0.05, 0.1) is 0 Å². The SMILES string of the molecule is CC1CCN1C(=O)N[C@@H](C)C(N)=O. The molecule has 5 nitrogen and oxygen atoms in total. The van der Waals surface area contributed by atoms with Gasteiger partial charge in [-0.25, -0.2) is 4.79 Å². The van der Waals surface area contributed by atoms with E-state index in [4.69, 9.17) is 5.73 Å². The number of hydrogen-bond acceptors (Lipinski definition) is 2. The van der Waals surface area contributed by atoms with Gasteiger partial charge in [0.1, 0.15) is 6.04 Å². The van der Waals surface area contributed by atoms with Crippen LogP contribution in [0.15, 0.2) is 0 Å². The number of rotatable bonds is 2. The summed E-state index contributed by atoms with van der Waals surface area (Å²) < 4.78 is 0. The van der Waals surface area contributed by atoms with E-state index in [9.17, 15) is 9.59 Å². The minimum absolute atomic E-state index is 0.204. The Morgan fingerprint density at radius 3 is 2.54 bits per heavy atom. The van der Waals surface area contributed by atoms with Gasteiger partial charge in [-0.2, -0.15) is 0 Å². The molecular formula is C8H15N3O2. The quantitative estimate of drug-likeness (QED) is 0.617. The van der Waals surface area contributed by atoms with E-state index < -0.39 is 11.9 Å². The first-order chi connectivity index (χ1) is 6.02. The summed E-state index contributed by atoms with van der Waals surface area (Å²) in [5.74, 6) is -0.512. The fraction of sp³-hybridized carbons (Fsp3) is 0.750. The summed E-state index contributed by atoms with van der Waals surface area (Å²) in [7, 11) is 0. The lowest BCUT2D eigenvalue weighted by Gasteiger charge is -2.38. The molecular weight excluding hydrogens is 170 g/mol. The number of hydrogen-bond donors (Lipinski definition) is 2. The molecule has 5 heteroatoms. The first kappa shape index (κ1) is 9.83. The number of nitrogens with zero attached hydrogens (tertiary/aromatic N) is 1. The maximum Gasteiger partial charge on any atom is 0.318 e. The standard InChI is InChI=1S/C8H15N3O2/c1-5-3-4-11(5)8(13)10-6(2)7(9)12/h5-6H,3-4H2,1-2H3,(H2,9,12)(H,10,13)/t5?,6-/m0/s1. The molecule has 1 rings (SSSR count). The highest BCUT2D eigenvalue weighted by atomic mass is 16.2. The van der Waals surface area contributed by atoms with Gasteiger partial charge in [0.15, 0.2) is 0 Å². The normalized spacial score (nSPS) is 23.2. The average Bonchev–Trinajstić information content (AvgIpc) is 2.01. The van der Waals surface area contributed by atoms with Gasteiger partial charge in [-0.05, 0) is 20.3 Å². The number of amides is 3. The second-order valence-electron chi connectivity index (χ2n) is 3.40. The molecule has 0 bridgehead atoms. The van der Waals surface area contributed by atoms with Crippen LogP contribution in [0, 0.1) is 0 Å². The largest absolute Gasteiger partial charge is 0.368 e. The van der Waals surface area contributed by atoms with Crippen molar-refractivity contribution in [3.05, 3.63) is 0 Å². The molecule has 0 saturated carbocycles. The summed E-state index contributed by atoms with van der Waals surface area (Å²) >= 11 is 0. The lowest BCUT2D eigenvalue weighted by Crippen LogP contribution is -2.56. The number of primary amides is 1. The Kier molecular flexibility index (Phi) is 2.75. The molecule has 74 valence electrons. The van der Waals surface area contributed by atoms with E-state index >= 15 is 0 Å². The van der Waals surface area contributed by atoms with Crippen LogP contribution >= 0.6 is 0 Å². The van der Waals surface area contributed by atoms with Crippen molar-refractivity contribution in [2.75, 3.05) is 6.54 Å². The fourth-order valence-electron chi connectivity index (χ4n) is 1.16. The van der Waals surface area contributed by atoms with Crippen LogP contribution in [0.5, 0.6) is 0 Å². The molecule has 0 spiro atoms. The van der Waals surface area contributed by atoms with Gasteiger partial charge in [0, 0.05) is 12.6 Å². The van der Waals surface area contributed by atoms with Crippen LogP contribution in [0.3, 0.4) is 0 Å². The highest BCUT2D eigenvalue weighted by Gasteiger charge is 2.29. The molecule has 1 saturated heterocycles. The minimum atomic E-state index is -0.597. The van der Waals surface area contributed by atoms with Crippen molar-refractivity contribution in [1.82, 2.24) is 10.2 Å². The first-order valence-electron chi connectivity index (χ1n) is 4.39. The van der Waals surface area contributed by atoms with E-state index in [-0.39, 0.29) is 12.1 Å². The van der Waals surface area contributed by atoms with Gasteiger partial charge in [-0.3, -0.25) is 4.79 Å². The summed E-state index contributed by atoms with van der Waals surface area (Å²) in [4.78, 5) is 23.7. The third-order valence-electron chi connectivity index (χ3n) is 2.35. The van der Waals surface area contributed by atoms with Gasteiger partial charge in [0.2, 0.25) is 5.91 Å². The Morgan fingerprint density at radius 2 is 2.23 bits per heavy atom. The number of nitrogens with two attached hydrogens (primary N) is 1. The summed E-state index contributed by atoms with van der Waals surface area (Å²) in [6, 6.07) is -0.523. The molecule has 0 aromatic rings. The van der Waals surface area contributed by atoms with Crippen LogP contribution in [0.1, 0.15) is 20.3 Å². The summed E-state index contributed by atoms with van der Waals surface area (Å²) in [5.41, 5.74) is 5.01. The molecule has 1 unspecified atom stereocenters. The maximum atomic E-state index is 11.4. The van der Waals surface area contributed by atoms with Gasteiger partial charge in [-0.1, -0.05) is 0 Å². The van der Waals surface area contributed by atoms with Crippen molar-refractivity contribution < 1.29 is 9.59 Å². The van der Waals surface area contributed by atoms with Crippen LogP contribution in [0.4, 0.5) is 4.79 Å². The van der Waals surface area contributed by atoms with Gasteiger partial charge < -0.3 is 16.0 Å². The topological polar surface area (TPSA) is 75.4 Å². The number of urea groups is 1. The van der Waals surface area contributed by atoms with E-state index in [2.05, 4.69) is 5.32 Å². The van der Waals surface area contributed by atoms with Crippen LogP contribution in [0.2, 0.25) is 0 Å². The van der Waals surface area contributed by atoms with Crippen molar-refractivity contribution in [1.29, 1.82) is 0 Å². The van der Waals surface area contributed by atoms with Crippen molar-refractivity contribution in [2.24, 2.45) is 5.73 Å². The Morgan fingerprint density at radius 1 is 1.62 bits per heavy atom. The Labute approximate surface area is 77.3 Å². The van der Waals surface area contributed by atoms with Gasteiger partial charge >= 0.3 is 6.03 Å². The van der Waals surface area contributed by atoms with Crippen molar-refractivity contribution in [3.63, 3.8) is 0 Å². The minimum Gasteiger partial charge on any atom is -0.368 e. The third kappa shape index (κ3) is 2.11. The summed E-state index contributed by atoms with van der Waals surface area (Å²) in [6.45, 7) is 4.31. The summed E-state index contributed by atoms with van der Waals surface area (Å²) in [6.07, 6.45) is 1.03. The number of carbonyl (C=O) groups is 2. The Hall–Kier alpha value is -1.26. The van der Waals surface area contributed by atoms with Crippen LogP contribution in [0.25, 0.3) is 0 Å². The predicted molar refractivity (Wildman–Crippen MR) is 48.0 cm³/mol. The molecule has 2 atom stereocenters. The van der Waals surface area contributed by atoms with Crippen LogP contribution in [-0.2, 0) is 4.79 Å². The second-order valence-corrected chi connectivity index (χ2v) is 3.40. The van der Waals surface area contributed by atoms with E-state index in [0.717, 1.165) is 13.0 Å². The molecule has 13 heavy (non-hydrogen) atoms. The van der Waals surface area contributed by atoms with Crippen molar-refractivity contribution in [2.45, 2.75) is 32.4 Å². The highest BCUT2D eigenvalue weighted by molar-refractivity contribution is 5.85. The molecule has 1 fully saturated rings. The van der Waals surface area contributed by atoms with E-state index in [0.29, 0.717) is 0 Å². The van der Waals surface area contributed by atoms with Gasteiger partial charge in [0.25, 0.3) is 0 Å². The molecule has 0 radical (unpaired) electrons. The molecule has 1 heterocycles. The van der Waals surface area contributed by atoms with Crippen molar-refractivity contribution in [3.8, 4) is 0 Å². The van der Waals surface area contributed by atoms with Crippen molar-refractivity contribution >= 4 is 11.9 Å². The highest BCUT2D eigenvalue weighted by Crippen LogP contribution is 2.15. The molecule has 0 aromatic carbocycles. The molecule has 1 aliphatic heterocycles. The lowest BCUT2D eigenvalue weighted by atomic mass is 10.1. The molecule has 0 aliphatic carbocycles. The second kappa shape index (κ2) is 3.64. The van der Waals surface area contributed by atoms with Gasteiger partial charge in [-0.15, -0.1) is 0 Å². The van der Waals surface area contributed by atoms with Crippen LogP contribution in [-0.4, -0.2) is 35.5 Å². The molecule has 1 aliphatic rings. The van der Waals surface area contributed by atoms with E-state index in [1.807, 2.05) is 6.92 Å². The zero-order valence-electron chi connectivity index (χ0n) is 7.91. The maximum absolute atomic E-state index is 11.4. The Balaban J connectivity index is 2.37. The predicted octanol–water partition coefficient (Wildman–Crippen LogP) is -0.336. The number of carbonyl (C=O) groups excluding carboxylic acids is 2. The molecule has 3 N–H and O–H groups in total. The molecule has 0 aromatic heterocycles. The monoisotopic (exact) mass is 185 g/mol. The van der Waals surface area contributed by atoms with E-state index in [1.54, 1.807) is 11.8 Å². The Bertz CT molecular complexity index is 229. The zero-order valence-corrected chi connectivity index (χ0v) is 7.91. The fourth-order valence-corrected chi connectivity index (χ4v) is 1.16. The smallest absolute Gasteiger partial charge is 0.318 e. The summed E-state index contributed by atoms with van der Waals surface area (Å²) in [5, 5.41) is 2.52. The zero-order chi connectivity index (χ0) is 10.0. The van der Waals surface area contributed by atoms with Crippen LogP contribution < -0.4 is 11.1 Å². The lowest BCUT2D eigenvalue weighted by molar-refractivity contribution is -0.119. The first-order valence-corrected chi connectivity index (χ1v) is 4.39. The van der Waals surface area contributed by atoms with E-state index in [1.165, 1.54) is 0 Å². The number of nitrogens with one attached hydrogen (secondary N) is 1. The third-order valence-corrected chi connectivity index (χ3v) is 2.35. The molecule has 3 amide bonds.